The summed E-state index contributed by atoms with van der Waals surface area (Å²) in [5.74, 6) is -0.274. The summed E-state index contributed by atoms with van der Waals surface area (Å²) in [7, 11) is -0.405. The number of carbonyl (C=O) groups is 1. The number of benzene rings is 1. The molecule has 0 aliphatic carbocycles. The van der Waals surface area contributed by atoms with Crippen LogP contribution >= 0.6 is 35.6 Å². The number of carbonyl (C=O) groups excluding carboxylic acids is 1. The van der Waals surface area contributed by atoms with Crippen LogP contribution in [-0.2, 0) is 15.1 Å². The minimum atomic E-state index is -3.76. The molecule has 0 bridgehead atoms. The standard InChI is InChI=1S/C16H19BrF2NO5PS/c1-24-7-5-20(6-8-25-2)15(21)10-3-4-12-11(9-10)13(17)14(27-12)16(18,19)26(22)23/h3-4,9,22-23H,5-8H2,1-2H3. The Labute approximate surface area is 168 Å². The number of fused-ring (bicyclic) bond motifs is 1. The average Bonchev–Trinajstić information content (AvgIpc) is 2.98. The van der Waals surface area contributed by atoms with Crippen molar-refractivity contribution in [2.45, 2.75) is 5.66 Å². The van der Waals surface area contributed by atoms with E-state index in [1.807, 2.05) is 0 Å². The predicted octanol–water partition coefficient (Wildman–Crippen LogP) is 3.74. The van der Waals surface area contributed by atoms with Crippen LogP contribution in [0.25, 0.3) is 10.1 Å². The number of nitrogens with zero attached hydrogens (tertiary/aromatic N) is 1. The van der Waals surface area contributed by atoms with Gasteiger partial charge in [0.2, 0.25) is 8.38 Å². The highest BCUT2D eigenvalue weighted by molar-refractivity contribution is 9.10. The van der Waals surface area contributed by atoms with Crippen molar-refractivity contribution in [2.75, 3.05) is 40.5 Å². The molecule has 1 aromatic carbocycles. The summed E-state index contributed by atoms with van der Waals surface area (Å²) in [6.07, 6.45) is 0. The molecule has 2 N–H and O–H groups in total. The second-order valence-corrected chi connectivity index (χ2v) is 8.55. The Bertz CT molecular complexity index is 796. The Morgan fingerprint density at radius 1 is 1.26 bits per heavy atom. The Morgan fingerprint density at radius 2 is 1.85 bits per heavy atom. The Morgan fingerprint density at radius 3 is 2.37 bits per heavy atom. The Balaban J connectivity index is 2.39. The Hall–Kier alpha value is -0.740. The highest BCUT2D eigenvalue weighted by Crippen LogP contribution is 2.57. The lowest BCUT2D eigenvalue weighted by Crippen LogP contribution is -2.36. The van der Waals surface area contributed by atoms with Gasteiger partial charge in [-0.05, 0) is 34.1 Å². The van der Waals surface area contributed by atoms with Crippen LogP contribution < -0.4 is 0 Å². The van der Waals surface area contributed by atoms with Crippen molar-refractivity contribution in [1.82, 2.24) is 4.90 Å². The van der Waals surface area contributed by atoms with Crippen molar-refractivity contribution < 1.29 is 32.8 Å². The molecule has 1 amide bonds. The molecule has 2 rings (SSSR count). The van der Waals surface area contributed by atoms with E-state index in [4.69, 9.17) is 19.3 Å². The highest BCUT2D eigenvalue weighted by atomic mass is 79.9. The highest BCUT2D eigenvalue weighted by Gasteiger charge is 2.44. The quantitative estimate of drug-likeness (QED) is 0.529. The van der Waals surface area contributed by atoms with E-state index < -0.39 is 18.9 Å². The van der Waals surface area contributed by atoms with Crippen molar-refractivity contribution in [3.05, 3.63) is 33.1 Å². The van der Waals surface area contributed by atoms with Crippen molar-refractivity contribution in [3.8, 4) is 0 Å². The van der Waals surface area contributed by atoms with Crippen LogP contribution in [0, 0.1) is 0 Å². The van der Waals surface area contributed by atoms with E-state index in [9.17, 15) is 13.6 Å². The van der Waals surface area contributed by atoms with Gasteiger partial charge in [0.1, 0.15) is 0 Å². The van der Waals surface area contributed by atoms with Gasteiger partial charge in [0.15, 0.2) is 0 Å². The SMILES string of the molecule is COCCN(CCOC)C(=O)c1ccc2sc(C(F)(F)P(O)O)c(Br)c2c1. The van der Waals surface area contributed by atoms with Gasteiger partial charge in [0, 0.05) is 47.4 Å². The summed E-state index contributed by atoms with van der Waals surface area (Å²) in [5, 5.41) is 0.413. The van der Waals surface area contributed by atoms with Gasteiger partial charge in [0.05, 0.1) is 18.1 Å². The van der Waals surface area contributed by atoms with Crippen LogP contribution in [-0.4, -0.2) is 61.1 Å². The molecule has 150 valence electrons. The first kappa shape index (κ1) is 22.5. The van der Waals surface area contributed by atoms with Crippen LogP contribution in [0.3, 0.4) is 0 Å². The summed E-state index contributed by atoms with van der Waals surface area (Å²) < 4.78 is 38.7. The maximum Gasteiger partial charge on any atom is 0.349 e. The first-order chi connectivity index (χ1) is 12.7. The van der Waals surface area contributed by atoms with Crippen molar-refractivity contribution in [3.63, 3.8) is 0 Å². The lowest BCUT2D eigenvalue weighted by molar-refractivity contribution is 0.0627. The van der Waals surface area contributed by atoms with Gasteiger partial charge >= 0.3 is 5.66 Å². The number of hydrogen-bond donors (Lipinski definition) is 2. The molecule has 0 spiro atoms. The molecule has 27 heavy (non-hydrogen) atoms. The molecule has 0 saturated carbocycles. The summed E-state index contributed by atoms with van der Waals surface area (Å²) >= 11 is 3.86. The molecule has 2 aromatic rings. The van der Waals surface area contributed by atoms with Crippen LogP contribution in [0.4, 0.5) is 8.78 Å². The van der Waals surface area contributed by atoms with E-state index in [2.05, 4.69) is 15.9 Å². The molecule has 0 aliphatic rings. The number of alkyl halides is 2. The van der Waals surface area contributed by atoms with Gasteiger partial charge < -0.3 is 24.2 Å². The van der Waals surface area contributed by atoms with E-state index in [-0.39, 0.29) is 10.4 Å². The fraction of sp³-hybridized carbons (Fsp3) is 0.438. The molecular formula is C16H19BrF2NO5PS. The zero-order chi connectivity index (χ0) is 20.2. The molecular weight excluding hydrogens is 467 g/mol. The maximum atomic E-state index is 14.1. The first-order valence-corrected chi connectivity index (χ1v) is 10.6. The normalized spacial score (nSPS) is 12.1. The summed E-state index contributed by atoms with van der Waals surface area (Å²) in [5.41, 5.74) is -3.43. The van der Waals surface area contributed by atoms with E-state index in [0.29, 0.717) is 42.0 Å². The van der Waals surface area contributed by atoms with Gasteiger partial charge in [-0.2, -0.15) is 8.78 Å². The number of thiophene rings is 1. The number of amides is 1. The fourth-order valence-electron chi connectivity index (χ4n) is 2.39. The lowest BCUT2D eigenvalue weighted by Gasteiger charge is -2.22. The zero-order valence-corrected chi connectivity index (χ0v) is 17.9. The monoisotopic (exact) mass is 485 g/mol. The average molecular weight is 486 g/mol. The number of hydrogen-bond acceptors (Lipinski definition) is 6. The lowest BCUT2D eigenvalue weighted by atomic mass is 10.1. The maximum absolute atomic E-state index is 14.1. The van der Waals surface area contributed by atoms with Gasteiger partial charge in [-0.15, -0.1) is 11.3 Å². The van der Waals surface area contributed by atoms with Gasteiger partial charge in [-0.25, -0.2) is 0 Å². The molecule has 0 radical (unpaired) electrons. The van der Waals surface area contributed by atoms with E-state index in [1.165, 1.54) is 20.3 Å². The number of halogens is 3. The van der Waals surface area contributed by atoms with Crippen molar-refractivity contribution in [2.24, 2.45) is 0 Å². The fourth-order valence-corrected chi connectivity index (χ4v) is 5.11. The molecule has 0 unspecified atom stereocenters. The second kappa shape index (κ2) is 9.65. The van der Waals surface area contributed by atoms with Crippen LogP contribution in [0.5, 0.6) is 0 Å². The minimum Gasteiger partial charge on any atom is -0.383 e. The van der Waals surface area contributed by atoms with E-state index >= 15 is 0 Å². The molecule has 1 aromatic heterocycles. The van der Waals surface area contributed by atoms with Gasteiger partial charge in [0.25, 0.3) is 5.91 Å². The predicted molar refractivity (Wildman–Crippen MR) is 104 cm³/mol. The second-order valence-electron chi connectivity index (χ2n) is 5.56. The molecule has 6 nitrogen and oxygen atoms in total. The number of methoxy groups -OCH3 is 2. The largest absolute Gasteiger partial charge is 0.383 e. The number of ether oxygens (including phenoxy) is 2. The smallest absolute Gasteiger partial charge is 0.349 e. The third-order valence-electron chi connectivity index (χ3n) is 3.82. The molecule has 0 atom stereocenters. The minimum absolute atomic E-state index is 0.0538. The summed E-state index contributed by atoms with van der Waals surface area (Å²) in [4.78, 5) is 32.0. The van der Waals surface area contributed by atoms with E-state index in [0.717, 1.165) is 11.3 Å². The molecule has 0 fully saturated rings. The van der Waals surface area contributed by atoms with Crippen molar-refractivity contribution >= 4 is 51.6 Å². The van der Waals surface area contributed by atoms with Gasteiger partial charge in [-0.3, -0.25) is 4.79 Å². The van der Waals surface area contributed by atoms with Crippen LogP contribution in [0.2, 0.25) is 0 Å². The summed E-state index contributed by atoms with van der Waals surface area (Å²) in [6.45, 7) is 1.44. The van der Waals surface area contributed by atoms with E-state index in [1.54, 1.807) is 17.0 Å². The molecule has 11 heteroatoms. The van der Waals surface area contributed by atoms with Gasteiger partial charge in [-0.1, -0.05) is 0 Å². The first-order valence-electron chi connectivity index (χ1n) is 7.79. The zero-order valence-electron chi connectivity index (χ0n) is 14.6. The topological polar surface area (TPSA) is 79.2 Å². The van der Waals surface area contributed by atoms with Crippen LogP contribution in [0.15, 0.2) is 22.7 Å². The molecule has 1 heterocycles. The summed E-state index contributed by atoms with van der Waals surface area (Å²) in [6, 6.07) is 4.64. The van der Waals surface area contributed by atoms with Crippen LogP contribution in [0.1, 0.15) is 15.2 Å². The third kappa shape index (κ3) is 5.00. The molecule has 0 saturated heterocycles. The molecule has 0 aliphatic heterocycles. The number of rotatable bonds is 9. The Kier molecular flexibility index (Phi) is 8.05. The van der Waals surface area contributed by atoms with Crippen molar-refractivity contribution in [1.29, 1.82) is 0 Å². The third-order valence-corrected chi connectivity index (χ3v) is 7.02.